The van der Waals surface area contributed by atoms with Crippen molar-refractivity contribution in [3.8, 4) is 5.75 Å². The summed E-state index contributed by atoms with van der Waals surface area (Å²) in [6.45, 7) is 0.242. The minimum Gasteiger partial charge on any atom is -0.486 e. The third-order valence-corrected chi connectivity index (χ3v) is 4.91. The van der Waals surface area contributed by atoms with Crippen molar-refractivity contribution >= 4 is 58.9 Å². The molecule has 21 heavy (non-hydrogen) atoms. The lowest BCUT2D eigenvalue weighted by atomic mass is 10.2. The number of hydrogen-bond donors (Lipinski definition) is 0. The molecular weight excluding hydrogens is 422 g/mol. The molecule has 0 bridgehead atoms. The summed E-state index contributed by atoms with van der Waals surface area (Å²) in [7, 11) is 1.36. The fraction of sp³-hybridized carbons (Fsp3) is 0.0769. The Hall–Kier alpha value is -0.460. The van der Waals surface area contributed by atoms with E-state index < -0.39 is 9.05 Å². The Morgan fingerprint density at radius 1 is 1.10 bits per heavy atom. The minimum atomic E-state index is -3.90. The summed E-state index contributed by atoms with van der Waals surface area (Å²) >= 11 is 15.4. The number of halogens is 4. The maximum atomic E-state index is 11.3. The van der Waals surface area contributed by atoms with Gasteiger partial charge in [0, 0.05) is 15.2 Å². The molecule has 0 fully saturated rings. The Kier molecular flexibility index (Phi) is 5.43. The van der Waals surface area contributed by atoms with Crippen molar-refractivity contribution in [2.24, 2.45) is 0 Å². The van der Waals surface area contributed by atoms with Crippen LogP contribution in [0.5, 0.6) is 5.75 Å². The number of rotatable bonds is 4. The first-order valence-corrected chi connectivity index (χ1v) is 9.44. The molecule has 0 saturated heterocycles. The van der Waals surface area contributed by atoms with Crippen molar-refractivity contribution in [1.82, 2.24) is 0 Å². The monoisotopic (exact) mass is 428 g/mol. The van der Waals surface area contributed by atoms with Crippen LogP contribution in [0, 0.1) is 0 Å². The second-order valence-corrected chi connectivity index (χ2v) is 8.37. The summed E-state index contributed by atoms with van der Waals surface area (Å²) in [6, 6.07) is 9.93. The van der Waals surface area contributed by atoms with E-state index in [0.29, 0.717) is 0 Å². The Balaban J connectivity index is 2.25. The van der Waals surface area contributed by atoms with E-state index in [1.807, 2.05) is 24.3 Å². The summed E-state index contributed by atoms with van der Waals surface area (Å²) in [5.41, 5.74) is 0.908. The van der Waals surface area contributed by atoms with Gasteiger partial charge in [0.1, 0.15) is 6.61 Å². The fourth-order valence-electron chi connectivity index (χ4n) is 1.60. The van der Waals surface area contributed by atoms with Crippen LogP contribution in [-0.4, -0.2) is 8.42 Å². The molecular formula is C13H8BrCl3O3S. The SMILES string of the molecule is O=S(=O)(Cl)c1cc(Cl)c(OCc2cccc(Br)c2)c(Cl)c1. The molecule has 2 rings (SSSR count). The highest BCUT2D eigenvalue weighted by Crippen LogP contribution is 2.36. The van der Waals surface area contributed by atoms with E-state index in [4.69, 9.17) is 38.6 Å². The Labute approximate surface area is 145 Å². The summed E-state index contributed by atoms with van der Waals surface area (Å²) in [4.78, 5) is -0.172. The summed E-state index contributed by atoms with van der Waals surface area (Å²) in [6.07, 6.45) is 0. The zero-order valence-electron chi connectivity index (χ0n) is 10.3. The van der Waals surface area contributed by atoms with Crippen molar-refractivity contribution in [2.75, 3.05) is 0 Å². The zero-order valence-corrected chi connectivity index (χ0v) is 15.0. The van der Waals surface area contributed by atoms with Crippen molar-refractivity contribution < 1.29 is 13.2 Å². The molecule has 0 amide bonds. The molecule has 2 aromatic rings. The summed E-state index contributed by atoms with van der Waals surface area (Å²) in [5, 5.41) is 0.161. The molecule has 0 spiro atoms. The van der Waals surface area contributed by atoms with E-state index in [-0.39, 0.29) is 27.3 Å². The van der Waals surface area contributed by atoms with Gasteiger partial charge >= 0.3 is 0 Å². The predicted molar refractivity (Wildman–Crippen MR) is 88.0 cm³/mol. The molecule has 112 valence electrons. The lowest BCUT2D eigenvalue weighted by Crippen LogP contribution is -1.98. The van der Waals surface area contributed by atoms with Gasteiger partial charge in [-0.1, -0.05) is 51.3 Å². The van der Waals surface area contributed by atoms with Crippen LogP contribution in [0.1, 0.15) is 5.56 Å². The molecule has 0 aromatic heterocycles. The number of benzene rings is 2. The molecule has 0 aliphatic rings. The first-order chi connectivity index (χ1) is 9.77. The van der Waals surface area contributed by atoms with Gasteiger partial charge in [0.2, 0.25) is 0 Å². The average molecular weight is 431 g/mol. The van der Waals surface area contributed by atoms with Crippen molar-refractivity contribution in [3.63, 3.8) is 0 Å². The quantitative estimate of drug-likeness (QED) is 0.621. The van der Waals surface area contributed by atoms with Crippen LogP contribution in [0.3, 0.4) is 0 Å². The normalized spacial score (nSPS) is 11.4. The van der Waals surface area contributed by atoms with Crippen LogP contribution in [-0.2, 0) is 15.7 Å². The van der Waals surface area contributed by atoms with Gasteiger partial charge in [0.15, 0.2) is 5.75 Å². The third kappa shape index (κ3) is 4.50. The van der Waals surface area contributed by atoms with Crippen LogP contribution >= 0.6 is 49.8 Å². The molecule has 0 atom stereocenters. The maximum absolute atomic E-state index is 11.3. The molecule has 2 aromatic carbocycles. The van der Waals surface area contributed by atoms with Crippen LogP contribution in [0.15, 0.2) is 45.8 Å². The van der Waals surface area contributed by atoms with Crippen LogP contribution in [0.25, 0.3) is 0 Å². The fourth-order valence-corrected chi connectivity index (χ4v) is 3.55. The highest BCUT2D eigenvalue weighted by atomic mass is 79.9. The van der Waals surface area contributed by atoms with Crippen LogP contribution in [0.2, 0.25) is 10.0 Å². The highest BCUT2D eigenvalue weighted by Gasteiger charge is 2.17. The first kappa shape index (κ1) is 16.9. The minimum absolute atomic E-state index is 0.0803. The van der Waals surface area contributed by atoms with Gasteiger partial charge in [-0.25, -0.2) is 8.42 Å². The molecule has 3 nitrogen and oxygen atoms in total. The standard InChI is InChI=1S/C13H8BrCl3O3S/c14-9-3-1-2-8(4-9)7-20-13-11(15)5-10(6-12(13)16)21(17,18)19/h1-6H,7H2. The molecule has 0 aliphatic heterocycles. The van der Waals surface area contributed by atoms with E-state index in [1.165, 1.54) is 12.1 Å². The highest BCUT2D eigenvalue weighted by molar-refractivity contribution is 9.10. The molecule has 0 N–H and O–H groups in total. The topological polar surface area (TPSA) is 43.4 Å². The zero-order chi connectivity index (χ0) is 15.6. The lowest BCUT2D eigenvalue weighted by molar-refractivity contribution is 0.306. The lowest BCUT2D eigenvalue weighted by Gasteiger charge is -2.11. The predicted octanol–water partition coefficient (Wildman–Crippen LogP) is 5.26. The summed E-state index contributed by atoms with van der Waals surface area (Å²) < 4.78 is 29.0. The summed E-state index contributed by atoms with van der Waals surface area (Å²) in [5.74, 6) is 0.211. The Morgan fingerprint density at radius 3 is 2.24 bits per heavy atom. The molecule has 0 heterocycles. The van der Waals surface area contributed by atoms with Crippen molar-refractivity contribution in [2.45, 2.75) is 11.5 Å². The largest absolute Gasteiger partial charge is 0.486 e. The van der Waals surface area contributed by atoms with Gasteiger partial charge in [-0.05, 0) is 29.8 Å². The van der Waals surface area contributed by atoms with Crippen molar-refractivity contribution in [3.05, 3.63) is 56.5 Å². The van der Waals surface area contributed by atoms with Gasteiger partial charge in [-0.15, -0.1) is 0 Å². The van der Waals surface area contributed by atoms with E-state index in [9.17, 15) is 8.42 Å². The number of ether oxygens (including phenoxy) is 1. The van der Waals surface area contributed by atoms with E-state index in [0.717, 1.165) is 10.0 Å². The molecule has 0 aliphatic carbocycles. The molecule has 0 radical (unpaired) electrons. The van der Waals surface area contributed by atoms with Gasteiger partial charge in [-0.3, -0.25) is 0 Å². The Bertz CT molecular complexity index is 755. The third-order valence-electron chi connectivity index (χ3n) is 2.53. The van der Waals surface area contributed by atoms with E-state index in [2.05, 4.69) is 15.9 Å². The van der Waals surface area contributed by atoms with Gasteiger partial charge < -0.3 is 4.74 Å². The van der Waals surface area contributed by atoms with Crippen LogP contribution < -0.4 is 4.74 Å². The molecule has 8 heteroatoms. The average Bonchev–Trinajstić information content (AvgIpc) is 2.36. The van der Waals surface area contributed by atoms with E-state index in [1.54, 1.807) is 0 Å². The maximum Gasteiger partial charge on any atom is 0.261 e. The second-order valence-electron chi connectivity index (χ2n) is 4.07. The van der Waals surface area contributed by atoms with Gasteiger partial charge in [-0.2, -0.15) is 0 Å². The number of hydrogen-bond acceptors (Lipinski definition) is 3. The first-order valence-electron chi connectivity index (χ1n) is 5.58. The molecule has 0 saturated carbocycles. The van der Waals surface area contributed by atoms with Gasteiger partial charge in [0.05, 0.1) is 14.9 Å². The second kappa shape index (κ2) is 6.75. The van der Waals surface area contributed by atoms with Crippen LogP contribution in [0.4, 0.5) is 0 Å². The van der Waals surface area contributed by atoms with E-state index >= 15 is 0 Å². The molecule has 0 unspecified atom stereocenters. The Morgan fingerprint density at radius 2 is 1.71 bits per heavy atom. The smallest absolute Gasteiger partial charge is 0.261 e. The van der Waals surface area contributed by atoms with Crippen molar-refractivity contribution in [1.29, 1.82) is 0 Å². The van der Waals surface area contributed by atoms with Gasteiger partial charge in [0.25, 0.3) is 9.05 Å².